The molecule has 4 aromatic rings. The Hall–Kier alpha value is -3.08. The van der Waals surface area contributed by atoms with Crippen LogP contribution in [-0.4, -0.2) is 42.0 Å². The van der Waals surface area contributed by atoms with E-state index in [0.29, 0.717) is 28.7 Å². The Bertz CT molecular complexity index is 1440. The molecule has 5 rings (SSSR count). The number of carbonyl (C=O) groups excluding carboxylic acids is 1. The highest BCUT2D eigenvalue weighted by Gasteiger charge is 2.25. The predicted octanol–water partition coefficient (Wildman–Crippen LogP) is 7.10. The third-order valence-corrected chi connectivity index (χ3v) is 7.65. The minimum Gasteiger partial charge on any atom is -0.368 e. The summed E-state index contributed by atoms with van der Waals surface area (Å²) in [5.74, 6) is 0.0434. The summed E-state index contributed by atoms with van der Waals surface area (Å²) in [6.45, 7) is 8.98. The first kappa shape index (κ1) is 23.7. The van der Waals surface area contributed by atoms with E-state index in [-0.39, 0.29) is 5.91 Å². The van der Waals surface area contributed by atoms with Gasteiger partial charge in [0, 0.05) is 42.8 Å². The van der Waals surface area contributed by atoms with Gasteiger partial charge in [-0.2, -0.15) is 0 Å². The number of aryl methyl sites for hydroxylation is 3. The molecule has 0 bridgehead atoms. The average Bonchev–Trinajstić information content (AvgIpc) is 2.87. The van der Waals surface area contributed by atoms with E-state index in [2.05, 4.69) is 36.9 Å². The van der Waals surface area contributed by atoms with Crippen LogP contribution in [0.5, 0.6) is 0 Å². The van der Waals surface area contributed by atoms with Crippen LogP contribution < -0.4 is 4.90 Å². The van der Waals surface area contributed by atoms with Crippen molar-refractivity contribution in [3.63, 3.8) is 0 Å². The second-order valence-electron chi connectivity index (χ2n) is 9.20. The SMILES string of the molecule is Cc1ccc(-c2cc(C(=O)N3CCN(c4ccc(Cl)c(Cl)c4)CC3)c3cccc(C)c3n2)cc1C. The number of amides is 1. The molecular weight excluding hydrogens is 477 g/mol. The van der Waals surface area contributed by atoms with Crippen LogP contribution in [-0.2, 0) is 0 Å². The summed E-state index contributed by atoms with van der Waals surface area (Å²) in [5, 5.41) is 1.98. The Morgan fingerprint density at radius 1 is 0.800 bits per heavy atom. The molecule has 4 nitrogen and oxygen atoms in total. The molecule has 0 unspecified atom stereocenters. The molecule has 3 aromatic carbocycles. The van der Waals surface area contributed by atoms with Gasteiger partial charge in [0.25, 0.3) is 5.91 Å². The smallest absolute Gasteiger partial charge is 0.254 e. The molecule has 6 heteroatoms. The van der Waals surface area contributed by atoms with E-state index in [9.17, 15) is 4.79 Å². The highest BCUT2D eigenvalue weighted by Crippen LogP contribution is 2.30. The van der Waals surface area contributed by atoms with Crippen LogP contribution in [0.2, 0.25) is 10.0 Å². The first-order valence-electron chi connectivity index (χ1n) is 11.8. The third-order valence-electron chi connectivity index (χ3n) is 6.91. The van der Waals surface area contributed by atoms with Crippen molar-refractivity contribution in [2.75, 3.05) is 31.1 Å². The molecular formula is C29H27Cl2N3O. The zero-order valence-electron chi connectivity index (χ0n) is 20.1. The van der Waals surface area contributed by atoms with Gasteiger partial charge >= 0.3 is 0 Å². The normalized spacial score (nSPS) is 14.0. The molecule has 178 valence electrons. The third kappa shape index (κ3) is 4.61. The first-order valence-corrected chi connectivity index (χ1v) is 12.5. The van der Waals surface area contributed by atoms with Crippen LogP contribution in [0, 0.1) is 20.8 Å². The topological polar surface area (TPSA) is 36.4 Å². The maximum absolute atomic E-state index is 13.8. The maximum atomic E-state index is 13.8. The number of anilines is 1. The van der Waals surface area contributed by atoms with E-state index in [1.807, 2.05) is 54.3 Å². The van der Waals surface area contributed by atoms with Crippen LogP contribution in [0.25, 0.3) is 22.2 Å². The summed E-state index contributed by atoms with van der Waals surface area (Å²) in [6.07, 6.45) is 0. The van der Waals surface area contributed by atoms with E-state index in [4.69, 9.17) is 28.2 Å². The van der Waals surface area contributed by atoms with Gasteiger partial charge < -0.3 is 9.80 Å². The molecule has 1 saturated heterocycles. The minimum absolute atomic E-state index is 0.0434. The molecule has 1 fully saturated rings. The molecule has 1 aliphatic heterocycles. The number of halogens is 2. The lowest BCUT2D eigenvalue weighted by atomic mass is 9.99. The average molecular weight is 504 g/mol. The Labute approximate surface area is 216 Å². The van der Waals surface area contributed by atoms with Crippen molar-refractivity contribution in [1.29, 1.82) is 0 Å². The number of para-hydroxylation sites is 1. The van der Waals surface area contributed by atoms with Crippen LogP contribution in [0.4, 0.5) is 5.69 Å². The first-order chi connectivity index (χ1) is 16.8. The number of nitrogens with zero attached hydrogens (tertiary/aromatic N) is 3. The number of benzene rings is 3. The highest BCUT2D eigenvalue weighted by atomic mass is 35.5. The summed E-state index contributed by atoms with van der Waals surface area (Å²) in [7, 11) is 0. The number of hydrogen-bond donors (Lipinski definition) is 0. The zero-order valence-corrected chi connectivity index (χ0v) is 21.6. The number of rotatable bonds is 3. The van der Waals surface area contributed by atoms with Gasteiger partial charge in [-0.05, 0) is 67.8 Å². The molecule has 0 atom stereocenters. The summed E-state index contributed by atoms with van der Waals surface area (Å²) < 4.78 is 0. The van der Waals surface area contributed by atoms with Crippen molar-refractivity contribution >= 4 is 45.7 Å². The van der Waals surface area contributed by atoms with Crippen molar-refractivity contribution in [3.8, 4) is 11.3 Å². The van der Waals surface area contributed by atoms with Crippen LogP contribution in [0.15, 0.2) is 60.7 Å². The van der Waals surface area contributed by atoms with Gasteiger partial charge in [-0.1, -0.05) is 53.5 Å². The van der Waals surface area contributed by atoms with Gasteiger partial charge in [0.2, 0.25) is 0 Å². The van der Waals surface area contributed by atoms with Gasteiger partial charge in [-0.15, -0.1) is 0 Å². The molecule has 1 aliphatic rings. The lowest BCUT2D eigenvalue weighted by molar-refractivity contribution is 0.0748. The molecule has 0 radical (unpaired) electrons. The van der Waals surface area contributed by atoms with Crippen molar-refractivity contribution in [2.45, 2.75) is 20.8 Å². The van der Waals surface area contributed by atoms with Crippen LogP contribution >= 0.6 is 23.2 Å². The maximum Gasteiger partial charge on any atom is 0.254 e. The number of fused-ring (bicyclic) bond motifs is 1. The summed E-state index contributed by atoms with van der Waals surface area (Å²) in [6, 6.07) is 20.0. The lowest BCUT2D eigenvalue weighted by Gasteiger charge is -2.36. The second-order valence-corrected chi connectivity index (χ2v) is 10.0. The quantitative estimate of drug-likeness (QED) is 0.299. The standard InChI is InChI=1S/C29H27Cl2N3O/c1-18-7-8-21(15-20(18)3)27-17-24(23-6-4-5-19(2)28(23)32-27)29(35)34-13-11-33(12-14-34)22-9-10-25(30)26(31)16-22/h4-10,15-17H,11-14H2,1-3H3. The number of piperazine rings is 1. The van der Waals surface area contributed by atoms with Gasteiger partial charge in [0.15, 0.2) is 0 Å². The second kappa shape index (κ2) is 9.52. The molecule has 35 heavy (non-hydrogen) atoms. The van der Waals surface area contributed by atoms with Crippen LogP contribution in [0.3, 0.4) is 0 Å². The molecule has 0 aliphatic carbocycles. The van der Waals surface area contributed by atoms with Crippen molar-refractivity contribution in [3.05, 3.63) is 93.0 Å². The van der Waals surface area contributed by atoms with Gasteiger partial charge in [-0.3, -0.25) is 4.79 Å². The Kier molecular flexibility index (Phi) is 6.43. The fraction of sp³-hybridized carbons (Fsp3) is 0.241. The number of carbonyl (C=O) groups is 1. The summed E-state index contributed by atoms with van der Waals surface area (Å²) >= 11 is 12.3. The number of aromatic nitrogens is 1. The lowest BCUT2D eigenvalue weighted by Crippen LogP contribution is -2.48. The zero-order chi connectivity index (χ0) is 24.7. The largest absolute Gasteiger partial charge is 0.368 e. The van der Waals surface area contributed by atoms with Gasteiger partial charge in [0.1, 0.15) is 0 Å². The Morgan fingerprint density at radius 2 is 1.57 bits per heavy atom. The van der Waals surface area contributed by atoms with Crippen molar-refractivity contribution in [1.82, 2.24) is 9.88 Å². The molecule has 0 N–H and O–H groups in total. The van der Waals surface area contributed by atoms with E-state index < -0.39 is 0 Å². The molecule has 0 spiro atoms. The van der Waals surface area contributed by atoms with Crippen molar-refractivity contribution < 1.29 is 4.79 Å². The van der Waals surface area contributed by atoms with Gasteiger partial charge in [0.05, 0.1) is 26.8 Å². The predicted molar refractivity (Wildman–Crippen MR) is 146 cm³/mol. The van der Waals surface area contributed by atoms with Crippen LogP contribution in [0.1, 0.15) is 27.0 Å². The molecule has 1 aromatic heterocycles. The molecule has 1 amide bonds. The van der Waals surface area contributed by atoms with E-state index in [1.54, 1.807) is 0 Å². The number of hydrogen-bond acceptors (Lipinski definition) is 3. The van der Waals surface area contributed by atoms with Gasteiger partial charge in [-0.25, -0.2) is 4.98 Å². The fourth-order valence-electron chi connectivity index (χ4n) is 4.64. The summed E-state index contributed by atoms with van der Waals surface area (Å²) in [5.41, 5.74) is 7.96. The van der Waals surface area contributed by atoms with Crippen molar-refractivity contribution in [2.24, 2.45) is 0 Å². The molecule has 2 heterocycles. The number of pyridine rings is 1. The Balaban J connectivity index is 1.47. The fourth-order valence-corrected chi connectivity index (χ4v) is 4.93. The van der Waals surface area contributed by atoms with E-state index in [0.717, 1.165) is 46.5 Å². The van der Waals surface area contributed by atoms with E-state index in [1.165, 1.54) is 11.1 Å². The minimum atomic E-state index is 0.0434. The monoisotopic (exact) mass is 503 g/mol. The Morgan fingerprint density at radius 3 is 2.29 bits per heavy atom. The molecule has 0 saturated carbocycles. The highest BCUT2D eigenvalue weighted by molar-refractivity contribution is 6.42. The summed E-state index contributed by atoms with van der Waals surface area (Å²) in [4.78, 5) is 23.0. The van der Waals surface area contributed by atoms with E-state index >= 15 is 0 Å².